The standard InChI is InChI=1S/C22H26FNO4/c23-19-7-6-18(12-20(19)25)21(26)24-15-22(27)10-8-17(9-11-22)14-28-13-16-4-2-1-3-5-16/h1-7,12,17,25,27H,8-11,13-15H2,(H,24,26). The number of carbonyl (C=O) groups is 1. The van der Waals surface area contributed by atoms with E-state index in [4.69, 9.17) is 4.74 Å². The lowest BCUT2D eigenvalue weighted by Gasteiger charge is -2.36. The zero-order valence-corrected chi connectivity index (χ0v) is 15.7. The maximum atomic E-state index is 13.1. The fourth-order valence-corrected chi connectivity index (χ4v) is 3.48. The lowest BCUT2D eigenvalue weighted by molar-refractivity contribution is -0.0238. The number of hydrogen-bond acceptors (Lipinski definition) is 4. The molecule has 6 heteroatoms. The predicted octanol–water partition coefficient (Wildman–Crippen LogP) is 3.40. The van der Waals surface area contributed by atoms with E-state index in [0.717, 1.165) is 30.5 Å². The van der Waals surface area contributed by atoms with Crippen molar-refractivity contribution in [1.29, 1.82) is 0 Å². The molecule has 3 rings (SSSR count). The number of carbonyl (C=O) groups excluding carboxylic acids is 1. The van der Waals surface area contributed by atoms with Gasteiger partial charge in [-0.15, -0.1) is 0 Å². The van der Waals surface area contributed by atoms with E-state index >= 15 is 0 Å². The number of phenols is 1. The van der Waals surface area contributed by atoms with Crippen molar-refractivity contribution in [3.63, 3.8) is 0 Å². The van der Waals surface area contributed by atoms with E-state index in [1.54, 1.807) is 0 Å². The van der Waals surface area contributed by atoms with Crippen LogP contribution in [0.15, 0.2) is 48.5 Å². The SMILES string of the molecule is O=C(NCC1(O)CCC(COCc2ccccc2)CC1)c1ccc(F)c(O)c1. The van der Waals surface area contributed by atoms with Gasteiger partial charge in [0.05, 0.1) is 12.2 Å². The van der Waals surface area contributed by atoms with Crippen molar-refractivity contribution in [3.05, 3.63) is 65.5 Å². The van der Waals surface area contributed by atoms with Crippen LogP contribution in [0.5, 0.6) is 5.75 Å². The Morgan fingerprint density at radius 3 is 2.57 bits per heavy atom. The second-order valence-electron chi connectivity index (χ2n) is 7.52. The van der Waals surface area contributed by atoms with E-state index in [1.165, 1.54) is 6.07 Å². The molecule has 0 aromatic heterocycles. The molecule has 1 amide bonds. The summed E-state index contributed by atoms with van der Waals surface area (Å²) < 4.78 is 18.9. The molecular formula is C22H26FNO4. The summed E-state index contributed by atoms with van der Waals surface area (Å²) in [6, 6.07) is 13.4. The van der Waals surface area contributed by atoms with E-state index < -0.39 is 23.1 Å². The van der Waals surface area contributed by atoms with Gasteiger partial charge in [0.25, 0.3) is 5.91 Å². The van der Waals surface area contributed by atoms with Crippen LogP contribution in [-0.2, 0) is 11.3 Å². The quantitative estimate of drug-likeness (QED) is 0.680. The highest BCUT2D eigenvalue weighted by Gasteiger charge is 2.33. The number of ether oxygens (including phenoxy) is 1. The van der Waals surface area contributed by atoms with Crippen LogP contribution in [0.25, 0.3) is 0 Å². The largest absolute Gasteiger partial charge is 0.505 e. The molecule has 0 atom stereocenters. The lowest BCUT2D eigenvalue weighted by atomic mass is 9.79. The van der Waals surface area contributed by atoms with Crippen LogP contribution in [0, 0.1) is 11.7 Å². The van der Waals surface area contributed by atoms with Gasteiger partial charge in [-0.25, -0.2) is 4.39 Å². The maximum absolute atomic E-state index is 13.1. The topological polar surface area (TPSA) is 78.8 Å². The first-order chi connectivity index (χ1) is 13.5. The highest BCUT2D eigenvalue weighted by Crippen LogP contribution is 2.32. The summed E-state index contributed by atoms with van der Waals surface area (Å²) in [6.45, 7) is 1.37. The second-order valence-corrected chi connectivity index (χ2v) is 7.52. The Morgan fingerprint density at radius 1 is 1.18 bits per heavy atom. The average Bonchev–Trinajstić information content (AvgIpc) is 2.71. The number of amides is 1. The molecule has 2 aromatic rings. The van der Waals surface area contributed by atoms with E-state index in [0.29, 0.717) is 32.0 Å². The zero-order chi connectivity index (χ0) is 20.0. The molecule has 1 saturated carbocycles. The van der Waals surface area contributed by atoms with Gasteiger partial charge in [0, 0.05) is 18.7 Å². The van der Waals surface area contributed by atoms with Crippen molar-refractivity contribution in [2.24, 2.45) is 5.92 Å². The third-order valence-corrected chi connectivity index (χ3v) is 5.29. The van der Waals surface area contributed by atoms with Crippen LogP contribution < -0.4 is 5.32 Å². The summed E-state index contributed by atoms with van der Waals surface area (Å²) >= 11 is 0. The van der Waals surface area contributed by atoms with E-state index in [9.17, 15) is 19.4 Å². The molecule has 5 nitrogen and oxygen atoms in total. The Hall–Kier alpha value is -2.44. The first-order valence-electron chi connectivity index (χ1n) is 9.56. The highest BCUT2D eigenvalue weighted by atomic mass is 19.1. The molecule has 1 aliphatic carbocycles. The minimum absolute atomic E-state index is 0.127. The molecule has 0 saturated heterocycles. The van der Waals surface area contributed by atoms with Crippen LogP contribution in [0.4, 0.5) is 4.39 Å². The van der Waals surface area contributed by atoms with Crippen molar-refractivity contribution in [1.82, 2.24) is 5.32 Å². The Labute approximate surface area is 164 Å². The van der Waals surface area contributed by atoms with Gasteiger partial charge in [0.15, 0.2) is 11.6 Å². The molecule has 0 spiro atoms. The molecule has 0 radical (unpaired) electrons. The number of aromatic hydroxyl groups is 1. The number of halogens is 1. The molecule has 0 unspecified atom stereocenters. The van der Waals surface area contributed by atoms with Crippen LogP contribution in [0.2, 0.25) is 0 Å². The first kappa shape index (κ1) is 20.3. The van der Waals surface area contributed by atoms with Crippen LogP contribution in [0.1, 0.15) is 41.6 Å². The Bertz CT molecular complexity index is 788. The van der Waals surface area contributed by atoms with Crippen molar-refractivity contribution in [2.45, 2.75) is 37.9 Å². The van der Waals surface area contributed by atoms with Crippen LogP contribution in [-0.4, -0.2) is 34.9 Å². The molecule has 28 heavy (non-hydrogen) atoms. The molecule has 150 valence electrons. The van der Waals surface area contributed by atoms with Gasteiger partial charge in [0.1, 0.15) is 0 Å². The zero-order valence-electron chi connectivity index (χ0n) is 15.7. The minimum atomic E-state index is -0.951. The summed E-state index contributed by atoms with van der Waals surface area (Å²) in [5, 5.41) is 22.8. The summed E-state index contributed by atoms with van der Waals surface area (Å²) in [7, 11) is 0. The van der Waals surface area contributed by atoms with Crippen molar-refractivity contribution in [3.8, 4) is 5.75 Å². The molecule has 0 bridgehead atoms. The molecule has 1 aliphatic rings. The highest BCUT2D eigenvalue weighted by molar-refractivity contribution is 5.94. The van der Waals surface area contributed by atoms with Crippen molar-refractivity contribution < 1.29 is 24.1 Å². The molecule has 2 aromatic carbocycles. The Morgan fingerprint density at radius 2 is 1.89 bits per heavy atom. The summed E-state index contributed by atoms with van der Waals surface area (Å²) in [5.74, 6) is -1.39. The van der Waals surface area contributed by atoms with E-state index in [2.05, 4.69) is 5.32 Å². The number of rotatable bonds is 7. The third-order valence-electron chi connectivity index (χ3n) is 5.29. The van der Waals surface area contributed by atoms with Gasteiger partial charge in [-0.05, 0) is 55.4 Å². The summed E-state index contributed by atoms with van der Waals surface area (Å²) in [6.07, 6.45) is 2.83. The molecule has 0 aliphatic heterocycles. The minimum Gasteiger partial charge on any atom is -0.505 e. The smallest absolute Gasteiger partial charge is 0.251 e. The molecule has 1 fully saturated rings. The number of nitrogens with one attached hydrogen (secondary N) is 1. The molecular weight excluding hydrogens is 361 g/mol. The molecule has 0 heterocycles. The Kier molecular flexibility index (Phi) is 6.65. The van der Waals surface area contributed by atoms with Gasteiger partial charge in [-0.2, -0.15) is 0 Å². The van der Waals surface area contributed by atoms with E-state index in [-0.39, 0.29) is 12.1 Å². The first-order valence-corrected chi connectivity index (χ1v) is 9.56. The third kappa shape index (κ3) is 5.53. The summed E-state index contributed by atoms with van der Waals surface area (Å²) in [4.78, 5) is 12.2. The van der Waals surface area contributed by atoms with Gasteiger partial charge in [-0.1, -0.05) is 30.3 Å². The van der Waals surface area contributed by atoms with Crippen LogP contribution >= 0.6 is 0 Å². The number of hydrogen-bond donors (Lipinski definition) is 3. The lowest BCUT2D eigenvalue weighted by Crippen LogP contribution is -2.45. The fourth-order valence-electron chi connectivity index (χ4n) is 3.48. The van der Waals surface area contributed by atoms with Gasteiger partial charge in [0.2, 0.25) is 0 Å². The monoisotopic (exact) mass is 387 g/mol. The molecule has 3 N–H and O–H groups in total. The Balaban J connectivity index is 1.40. The maximum Gasteiger partial charge on any atom is 0.251 e. The predicted molar refractivity (Wildman–Crippen MR) is 103 cm³/mol. The second kappa shape index (κ2) is 9.17. The van der Waals surface area contributed by atoms with Gasteiger partial charge < -0.3 is 20.3 Å². The number of aliphatic hydroxyl groups is 1. The summed E-state index contributed by atoms with van der Waals surface area (Å²) in [5.41, 5.74) is 0.350. The number of phenolic OH excluding ortho intramolecular Hbond substituents is 1. The van der Waals surface area contributed by atoms with Gasteiger partial charge in [-0.3, -0.25) is 4.79 Å². The van der Waals surface area contributed by atoms with Crippen molar-refractivity contribution >= 4 is 5.91 Å². The van der Waals surface area contributed by atoms with Crippen molar-refractivity contribution in [2.75, 3.05) is 13.2 Å². The van der Waals surface area contributed by atoms with Gasteiger partial charge >= 0.3 is 0 Å². The van der Waals surface area contributed by atoms with Crippen LogP contribution in [0.3, 0.4) is 0 Å². The fraction of sp³-hybridized carbons (Fsp3) is 0.409. The number of benzene rings is 2. The average molecular weight is 387 g/mol. The normalized spacial score (nSPS) is 22.0. The van der Waals surface area contributed by atoms with E-state index in [1.807, 2.05) is 30.3 Å².